The first-order chi connectivity index (χ1) is 21.2. The average Bonchev–Trinajstić information content (AvgIpc) is 3.01. The Bertz CT molecular complexity index is 618. The molecule has 3 N–H and O–H groups in total. The zero-order chi connectivity index (χ0) is 31.5. The Morgan fingerprint density at radius 2 is 0.884 bits per heavy atom. The predicted molar refractivity (Wildman–Crippen MR) is 189 cm³/mol. The molecule has 0 saturated carbocycles. The molecule has 0 aliphatic heterocycles. The summed E-state index contributed by atoms with van der Waals surface area (Å²) in [5, 5.41) is 22.9. The molecule has 0 saturated heterocycles. The van der Waals surface area contributed by atoms with Gasteiger partial charge in [-0.25, -0.2) is 0 Å². The van der Waals surface area contributed by atoms with Crippen LogP contribution < -0.4 is 5.32 Å². The summed E-state index contributed by atoms with van der Waals surface area (Å²) in [5.41, 5.74) is 0. The molecule has 0 aliphatic carbocycles. The Kier molecular flexibility index (Phi) is 34.4. The van der Waals surface area contributed by atoms with E-state index in [1.54, 1.807) is 6.08 Å². The molecule has 0 aromatic rings. The van der Waals surface area contributed by atoms with Crippen molar-refractivity contribution in [1.29, 1.82) is 0 Å². The van der Waals surface area contributed by atoms with Crippen molar-refractivity contribution < 1.29 is 15.0 Å². The maximum Gasteiger partial charge on any atom is 0.220 e. The Hall–Kier alpha value is -1.13. The molecule has 0 spiro atoms. The molecule has 2 atom stereocenters. The molecule has 0 fully saturated rings. The summed E-state index contributed by atoms with van der Waals surface area (Å²) in [6.07, 6.45) is 44.0. The molecule has 1 amide bonds. The number of carbonyl (C=O) groups is 1. The molecule has 0 aromatic carbocycles. The third-order valence-electron chi connectivity index (χ3n) is 8.68. The number of hydrogen-bond donors (Lipinski definition) is 3. The third-order valence-corrected chi connectivity index (χ3v) is 8.68. The van der Waals surface area contributed by atoms with Crippen LogP contribution in [-0.2, 0) is 4.79 Å². The van der Waals surface area contributed by atoms with E-state index in [1.165, 1.54) is 148 Å². The molecule has 4 nitrogen and oxygen atoms in total. The molecule has 0 heterocycles. The zero-order valence-electron chi connectivity index (χ0n) is 29.0. The minimum absolute atomic E-state index is 0.0731. The number of nitrogens with one attached hydrogen (secondary N) is 1. The number of unbranched alkanes of at least 4 members (excludes halogenated alkanes) is 25. The standard InChI is InChI=1S/C39H75NO3/c1-3-5-7-9-11-13-15-17-19-21-22-24-26-28-30-32-34-38(42)37(36-41)40-39(43)35-33-31-29-27-25-23-20-18-16-14-12-10-8-6-4-2/h18,20,32,34,37-38,41-42H,3-17,19,21-31,33,35-36H2,1-2H3,(H,40,43)/b20-18+,34-32+/t37-,38+/m0/s1. The normalized spacial score (nSPS) is 13.3. The van der Waals surface area contributed by atoms with Gasteiger partial charge in [0.05, 0.1) is 18.8 Å². The van der Waals surface area contributed by atoms with Crippen molar-refractivity contribution in [1.82, 2.24) is 5.32 Å². The van der Waals surface area contributed by atoms with Crippen LogP contribution in [-0.4, -0.2) is 34.9 Å². The van der Waals surface area contributed by atoms with Gasteiger partial charge in [-0.1, -0.05) is 173 Å². The van der Waals surface area contributed by atoms with Crippen LogP contribution in [0.2, 0.25) is 0 Å². The van der Waals surface area contributed by atoms with Gasteiger partial charge in [-0.05, 0) is 44.9 Å². The maximum atomic E-state index is 12.3. The van der Waals surface area contributed by atoms with Gasteiger partial charge in [0.25, 0.3) is 0 Å². The van der Waals surface area contributed by atoms with E-state index in [4.69, 9.17) is 0 Å². The summed E-state index contributed by atoms with van der Waals surface area (Å²) >= 11 is 0. The molecular weight excluding hydrogens is 530 g/mol. The van der Waals surface area contributed by atoms with Gasteiger partial charge in [-0.15, -0.1) is 0 Å². The van der Waals surface area contributed by atoms with Gasteiger partial charge in [-0.3, -0.25) is 4.79 Å². The van der Waals surface area contributed by atoms with E-state index in [-0.39, 0.29) is 12.5 Å². The lowest BCUT2D eigenvalue weighted by molar-refractivity contribution is -0.123. The lowest BCUT2D eigenvalue weighted by atomic mass is 10.0. The highest BCUT2D eigenvalue weighted by Crippen LogP contribution is 2.14. The summed E-state index contributed by atoms with van der Waals surface area (Å²) in [4.78, 5) is 12.3. The number of carbonyl (C=O) groups excluding carboxylic acids is 1. The topological polar surface area (TPSA) is 69.6 Å². The fourth-order valence-corrected chi connectivity index (χ4v) is 5.70. The highest BCUT2D eigenvalue weighted by molar-refractivity contribution is 5.76. The lowest BCUT2D eigenvalue weighted by Gasteiger charge is -2.20. The molecule has 0 aliphatic rings. The number of amides is 1. The fraction of sp³-hybridized carbons (Fsp3) is 0.872. The van der Waals surface area contributed by atoms with Gasteiger partial charge in [0.2, 0.25) is 5.91 Å². The van der Waals surface area contributed by atoms with E-state index in [2.05, 4.69) is 31.3 Å². The lowest BCUT2D eigenvalue weighted by Crippen LogP contribution is -2.45. The first-order valence-corrected chi connectivity index (χ1v) is 19.1. The Balaban J connectivity index is 3.62. The molecule has 254 valence electrons. The highest BCUT2D eigenvalue weighted by atomic mass is 16.3. The van der Waals surface area contributed by atoms with Crippen molar-refractivity contribution in [2.45, 2.75) is 212 Å². The number of rotatable bonds is 34. The average molecular weight is 606 g/mol. The second kappa shape index (κ2) is 35.4. The van der Waals surface area contributed by atoms with Crippen LogP contribution in [0.3, 0.4) is 0 Å². The maximum absolute atomic E-state index is 12.3. The van der Waals surface area contributed by atoms with Crippen molar-refractivity contribution in [2.24, 2.45) is 0 Å². The monoisotopic (exact) mass is 606 g/mol. The summed E-state index contributed by atoms with van der Waals surface area (Å²) < 4.78 is 0. The molecule has 43 heavy (non-hydrogen) atoms. The van der Waals surface area contributed by atoms with Gasteiger partial charge < -0.3 is 15.5 Å². The molecule has 0 radical (unpaired) electrons. The smallest absolute Gasteiger partial charge is 0.220 e. The van der Waals surface area contributed by atoms with Gasteiger partial charge >= 0.3 is 0 Å². The zero-order valence-corrected chi connectivity index (χ0v) is 29.0. The minimum atomic E-state index is -0.838. The molecule has 0 unspecified atom stereocenters. The van der Waals surface area contributed by atoms with Crippen LogP contribution in [0.5, 0.6) is 0 Å². The van der Waals surface area contributed by atoms with Crippen LogP contribution in [0.25, 0.3) is 0 Å². The Morgan fingerprint density at radius 3 is 1.28 bits per heavy atom. The minimum Gasteiger partial charge on any atom is -0.394 e. The SMILES string of the molecule is CCCCCCCC/C=C/CCCCCCCC(=O)N[C@@H](CO)[C@H](O)/C=C/CCCCCCCCCCCCCCCC. The first kappa shape index (κ1) is 41.9. The second-order valence-corrected chi connectivity index (χ2v) is 13.0. The molecule has 0 rings (SSSR count). The van der Waals surface area contributed by atoms with E-state index in [1.807, 2.05) is 6.08 Å². The molecule has 4 heteroatoms. The number of aliphatic hydroxyl groups excluding tert-OH is 2. The Labute approximate surface area is 269 Å². The van der Waals surface area contributed by atoms with Crippen LogP contribution in [0.1, 0.15) is 200 Å². The Morgan fingerprint density at radius 1 is 0.535 bits per heavy atom. The summed E-state index contributed by atoms with van der Waals surface area (Å²) in [6.45, 7) is 4.29. The van der Waals surface area contributed by atoms with Crippen LogP contribution in [0, 0.1) is 0 Å². The van der Waals surface area contributed by atoms with E-state index in [0.29, 0.717) is 6.42 Å². The van der Waals surface area contributed by atoms with Crippen molar-refractivity contribution in [2.75, 3.05) is 6.61 Å². The first-order valence-electron chi connectivity index (χ1n) is 19.1. The molecule has 0 bridgehead atoms. The molecular formula is C39H75NO3. The van der Waals surface area contributed by atoms with Crippen LogP contribution in [0.4, 0.5) is 0 Å². The van der Waals surface area contributed by atoms with Crippen molar-refractivity contribution >= 4 is 5.91 Å². The quantitative estimate of drug-likeness (QED) is 0.0505. The van der Waals surface area contributed by atoms with E-state index in [0.717, 1.165) is 32.1 Å². The van der Waals surface area contributed by atoms with Gasteiger partial charge in [0.1, 0.15) is 0 Å². The highest BCUT2D eigenvalue weighted by Gasteiger charge is 2.17. The van der Waals surface area contributed by atoms with Crippen molar-refractivity contribution in [3.8, 4) is 0 Å². The third kappa shape index (κ3) is 32.1. The number of allylic oxidation sites excluding steroid dienone is 3. The summed E-state index contributed by atoms with van der Waals surface area (Å²) in [6, 6.07) is -0.622. The van der Waals surface area contributed by atoms with Crippen LogP contribution >= 0.6 is 0 Å². The largest absolute Gasteiger partial charge is 0.394 e. The van der Waals surface area contributed by atoms with Crippen molar-refractivity contribution in [3.63, 3.8) is 0 Å². The number of aliphatic hydroxyl groups is 2. The van der Waals surface area contributed by atoms with Gasteiger partial charge in [-0.2, -0.15) is 0 Å². The fourth-order valence-electron chi connectivity index (χ4n) is 5.70. The second-order valence-electron chi connectivity index (χ2n) is 13.0. The van der Waals surface area contributed by atoms with Gasteiger partial charge in [0.15, 0.2) is 0 Å². The molecule has 0 aromatic heterocycles. The van der Waals surface area contributed by atoms with Gasteiger partial charge in [0, 0.05) is 6.42 Å². The summed E-state index contributed by atoms with van der Waals surface area (Å²) in [5.74, 6) is -0.0731. The van der Waals surface area contributed by atoms with Crippen molar-refractivity contribution in [3.05, 3.63) is 24.3 Å². The van der Waals surface area contributed by atoms with E-state index < -0.39 is 12.1 Å². The van der Waals surface area contributed by atoms with E-state index >= 15 is 0 Å². The number of hydrogen-bond acceptors (Lipinski definition) is 3. The van der Waals surface area contributed by atoms with E-state index in [9.17, 15) is 15.0 Å². The predicted octanol–water partition coefficient (Wildman–Crippen LogP) is 11.3. The summed E-state index contributed by atoms with van der Waals surface area (Å²) in [7, 11) is 0. The van der Waals surface area contributed by atoms with Crippen LogP contribution in [0.15, 0.2) is 24.3 Å².